The molecule has 0 bridgehead atoms. The summed E-state index contributed by atoms with van der Waals surface area (Å²) >= 11 is 0. The molecule has 0 fully saturated rings. The van der Waals surface area contributed by atoms with Gasteiger partial charge in [-0.3, -0.25) is 0 Å². The van der Waals surface area contributed by atoms with E-state index in [0.717, 1.165) is 16.7 Å². The second-order valence-corrected chi connectivity index (χ2v) is 5.69. The Bertz CT molecular complexity index is 945. The summed E-state index contributed by atoms with van der Waals surface area (Å²) in [5, 5.41) is 0. The van der Waals surface area contributed by atoms with Crippen LogP contribution in [0, 0.1) is 0 Å². The van der Waals surface area contributed by atoms with Crippen molar-refractivity contribution >= 4 is 11.9 Å². The lowest BCUT2D eigenvalue weighted by Gasteiger charge is -2.11. The standard InChI is InChI=1S/C22H18O4/c1-25-21(23)18-11-12-19(20(14-18)22(24)26-2)17-10-6-9-16(13-17)15-7-4-3-5-8-15/h3-14H,1-2H3. The van der Waals surface area contributed by atoms with E-state index in [1.54, 1.807) is 12.1 Å². The van der Waals surface area contributed by atoms with Gasteiger partial charge in [-0.2, -0.15) is 0 Å². The summed E-state index contributed by atoms with van der Waals surface area (Å²) in [6.07, 6.45) is 0. The quantitative estimate of drug-likeness (QED) is 0.648. The van der Waals surface area contributed by atoms with Gasteiger partial charge in [0, 0.05) is 0 Å². The molecule has 4 heteroatoms. The van der Waals surface area contributed by atoms with Gasteiger partial charge in [-0.05, 0) is 40.5 Å². The van der Waals surface area contributed by atoms with Gasteiger partial charge in [0.15, 0.2) is 0 Å². The first-order chi connectivity index (χ1) is 12.6. The zero-order valence-electron chi connectivity index (χ0n) is 14.6. The van der Waals surface area contributed by atoms with Crippen molar-refractivity contribution in [3.8, 4) is 22.3 Å². The highest BCUT2D eigenvalue weighted by Gasteiger charge is 2.17. The fraction of sp³-hybridized carbons (Fsp3) is 0.0909. The predicted octanol–water partition coefficient (Wildman–Crippen LogP) is 4.59. The van der Waals surface area contributed by atoms with Gasteiger partial charge in [-0.15, -0.1) is 0 Å². The van der Waals surface area contributed by atoms with Crippen LogP contribution in [-0.2, 0) is 9.47 Å². The number of carbonyl (C=O) groups excluding carboxylic acids is 2. The smallest absolute Gasteiger partial charge is 0.338 e. The Morgan fingerprint density at radius 3 is 2.00 bits per heavy atom. The van der Waals surface area contributed by atoms with E-state index in [2.05, 4.69) is 0 Å². The predicted molar refractivity (Wildman–Crippen MR) is 100.0 cm³/mol. The molecule has 0 heterocycles. The Kier molecular flexibility index (Phi) is 5.13. The highest BCUT2D eigenvalue weighted by molar-refractivity contribution is 6.01. The Morgan fingerprint density at radius 2 is 1.31 bits per heavy atom. The number of methoxy groups -OCH3 is 2. The van der Waals surface area contributed by atoms with E-state index in [-0.39, 0.29) is 0 Å². The highest BCUT2D eigenvalue weighted by Crippen LogP contribution is 2.30. The molecule has 3 aromatic carbocycles. The number of hydrogen-bond acceptors (Lipinski definition) is 4. The summed E-state index contributed by atoms with van der Waals surface area (Å²) in [6.45, 7) is 0. The minimum absolute atomic E-state index is 0.302. The zero-order chi connectivity index (χ0) is 18.5. The van der Waals surface area contributed by atoms with Crippen molar-refractivity contribution < 1.29 is 19.1 Å². The molecule has 3 aromatic rings. The van der Waals surface area contributed by atoms with E-state index in [4.69, 9.17) is 9.47 Å². The summed E-state index contributed by atoms with van der Waals surface area (Å²) in [4.78, 5) is 24.0. The molecule has 0 aliphatic rings. The molecule has 0 saturated heterocycles. The van der Waals surface area contributed by atoms with Gasteiger partial charge in [0.05, 0.1) is 25.3 Å². The normalized spacial score (nSPS) is 10.2. The fourth-order valence-corrected chi connectivity index (χ4v) is 2.82. The molecular weight excluding hydrogens is 328 g/mol. The largest absolute Gasteiger partial charge is 0.465 e. The van der Waals surface area contributed by atoms with Gasteiger partial charge >= 0.3 is 11.9 Å². The average molecular weight is 346 g/mol. The van der Waals surface area contributed by atoms with Crippen molar-refractivity contribution in [3.05, 3.63) is 83.9 Å². The topological polar surface area (TPSA) is 52.6 Å². The molecule has 0 aromatic heterocycles. The van der Waals surface area contributed by atoms with Gasteiger partial charge in [-0.25, -0.2) is 9.59 Å². The molecule has 0 saturated carbocycles. The van der Waals surface area contributed by atoms with Crippen LogP contribution in [0.3, 0.4) is 0 Å². The van der Waals surface area contributed by atoms with Crippen LogP contribution >= 0.6 is 0 Å². The molecule has 0 N–H and O–H groups in total. The van der Waals surface area contributed by atoms with Crippen LogP contribution in [0.25, 0.3) is 22.3 Å². The van der Waals surface area contributed by atoms with Gasteiger partial charge in [0.2, 0.25) is 0 Å². The molecule has 26 heavy (non-hydrogen) atoms. The zero-order valence-corrected chi connectivity index (χ0v) is 14.6. The maximum Gasteiger partial charge on any atom is 0.338 e. The minimum Gasteiger partial charge on any atom is -0.465 e. The second-order valence-electron chi connectivity index (χ2n) is 5.69. The third-order valence-corrected chi connectivity index (χ3v) is 4.13. The van der Waals surface area contributed by atoms with Crippen molar-refractivity contribution in [1.29, 1.82) is 0 Å². The second kappa shape index (κ2) is 7.66. The van der Waals surface area contributed by atoms with Gasteiger partial charge in [0.25, 0.3) is 0 Å². The number of carbonyl (C=O) groups is 2. The molecular formula is C22H18O4. The van der Waals surface area contributed by atoms with E-state index in [9.17, 15) is 9.59 Å². The highest BCUT2D eigenvalue weighted by atomic mass is 16.5. The van der Waals surface area contributed by atoms with E-state index in [1.807, 2.05) is 54.6 Å². The summed E-state index contributed by atoms with van der Waals surface area (Å²) in [6, 6.07) is 22.7. The molecule has 130 valence electrons. The first kappa shape index (κ1) is 17.4. The number of esters is 2. The molecule has 3 rings (SSSR count). The Hall–Kier alpha value is -3.40. The number of rotatable bonds is 4. The van der Waals surface area contributed by atoms with Crippen molar-refractivity contribution in [1.82, 2.24) is 0 Å². The molecule has 0 atom stereocenters. The van der Waals surface area contributed by atoms with Crippen LogP contribution in [0.2, 0.25) is 0 Å². The van der Waals surface area contributed by atoms with E-state index < -0.39 is 11.9 Å². The number of hydrogen-bond donors (Lipinski definition) is 0. The van der Waals surface area contributed by atoms with Crippen molar-refractivity contribution in [3.63, 3.8) is 0 Å². The lowest BCUT2D eigenvalue weighted by atomic mass is 9.94. The van der Waals surface area contributed by atoms with Crippen LogP contribution in [0.5, 0.6) is 0 Å². The van der Waals surface area contributed by atoms with Crippen LogP contribution in [0.15, 0.2) is 72.8 Å². The SMILES string of the molecule is COC(=O)c1ccc(-c2cccc(-c3ccccc3)c2)c(C(=O)OC)c1. The maximum atomic E-state index is 12.3. The van der Waals surface area contributed by atoms with Crippen LogP contribution in [-0.4, -0.2) is 26.2 Å². The van der Waals surface area contributed by atoms with E-state index >= 15 is 0 Å². The number of ether oxygens (including phenoxy) is 2. The Balaban J connectivity index is 2.11. The summed E-state index contributed by atoms with van der Waals surface area (Å²) in [5.41, 5.74) is 4.30. The monoisotopic (exact) mass is 346 g/mol. The Labute approximate surface area is 152 Å². The molecule has 0 radical (unpaired) electrons. The molecule has 0 unspecified atom stereocenters. The third kappa shape index (κ3) is 3.49. The molecule has 0 spiro atoms. The molecule has 0 amide bonds. The van der Waals surface area contributed by atoms with Crippen LogP contribution < -0.4 is 0 Å². The van der Waals surface area contributed by atoms with Crippen molar-refractivity contribution in [2.75, 3.05) is 14.2 Å². The summed E-state index contributed by atoms with van der Waals surface area (Å²) in [5.74, 6) is -1.00. The van der Waals surface area contributed by atoms with Crippen LogP contribution in [0.1, 0.15) is 20.7 Å². The van der Waals surface area contributed by atoms with Crippen LogP contribution in [0.4, 0.5) is 0 Å². The molecule has 4 nitrogen and oxygen atoms in total. The third-order valence-electron chi connectivity index (χ3n) is 4.13. The molecule has 0 aliphatic carbocycles. The minimum atomic E-state index is -0.504. The van der Waals surface area contributed by atoms with Crippen molar-refractivity contribution in [2.24, 2.45) is 0 Å². The maximum absolute atomic E-state index is 12.3. The molecule has 0 aliphatic heterocycles. The van der Waals surface area contributed by atoms with E-state index in [1.165, 1.54) is 20.3 Å². The van der Waals surface area contributed by atoms with Gasteiger partial charge < -0.3 is 9.47 Å². The fourth-order valence-electron chi connectivity index (χ4n) is 2.82. The van der Waals surface area contributed by atoms with Gasteiger partial charge in [0.1, 0.15) is 0 Å². The average Bonchev–Trinajstić information content (AvgIpc) is 2.72. The summed E-state index contributed by atoms with van der Waals surface area (Å²) in [7, 11) is 2.62. The first-order valence-corrected chi connectivity index (χ1v) is 8.10. The lowest BCUT2D eigenvalue weighted by Crippen LogP contribution is -2.08. The number of benzene rings is 3. The summed E-state index contributed by atoms with van der Waals surface area (Å²) < 4.78 is 9.63. The lowest BCUT2D eigenvalue weighted by molar-refractivity contribution is 0.0600. The van der Waals surface area contributed by atoms with Crippen molar-refractivity contribution in [2.45, 2.75) is 0 Å². The Morgan fingerprint density at radius 1 is 0.654 bits per heavy atom. The van der Waals surface area contributed by atoms with Gasteiger partial charge in [-0.1, -0.05) is 54.6 Å². The van der Waals surface area contributed by atoms with E-state index in [0.29, 0.717) is 16.7 Å². The first-order valence-electron chi connectivity index (χ1n) is 8.10.